The minimum absolute atomic E-state index is 0.143. The lowest BCUT2D eigenvalue weighted by Crippen LogP contribution is -2.28. The van der Waals surface area contributed by atoms with Gasteiger partial charge in [0.1, 0.15) is 11.5 Å². The predicted molar refractivity (Wildman–Crippen MR) is 120 cm³/mol. The number of rotatable bonds is 5. The molecule has 2 heterocycles. The molecule has 148 valence electrons. The number of aromatic amines is 1. The number of nitrogens with one attached hydrogen (secondary N) is 2. The van der Waals surface area contributed by atoms with E-state index in [-0.39, 0.29) is 15.6 Å². The van der Waals surface area contributed by atoms with Gasteiger partial charge in [0.05, 0.1) is 23.4 Å². The van der Waals surface area contributed by atoms with Crippen LogP contribution in [-0.2, 0) is 9.84 Å². The van der Waals surface area contributed by atoms with Crippen LogP contribution < -0.4 is 10.3 Å². The predicted octanol–water partition coefficient (Wildman–Crippen LogP) is 4.11. The van der Waals surface area contributed by atoms with E-state index in [0.717, 1.165) is 16.7 Å². The van der Waals surface area contributed by atoms with Crippen LogP contribution in [0.3, 0.4) is 0 Å². The number of sulfone groups is 1. The molecule has 0 bridgehead atoms. The van der Waals surface area contributed by atoms with E-state index in [9.17, 15) is 8.42 Å². The van der Waals surface area contributed by atoms with Crippen LogP contribution in [0, 0.1) is 5.41 Å². The van der Waals surface area contributed by atoms with Crippen LogP contribution in [0.25, 0.3) is 16.7 Å². The second-order valence-electron chi connectivity index (χ2n) is 6.16. The molecule has 0 saturated heterocycles. The molecule has 4 rings (SSSR count). The summed E-state index contributed by atoms with van der Waals surface area (Å²) in [7, 11) is -3.81. The quantitative estimate of drug-likeness (QED) is 0.163. The number of hydrogen-bond donors (Lipinski definition) is 3. The monoisotopic (exact) mass is 507 g/mol. The Morgan fingerprint density at radius 2 is 1.97 bits per heavy atom. The van der Waals surface area contributed by atoms with Gasteiger partial charge < -0.3 is 5.73 Å². The second kappa shape index (κ2) is 7.60. The summed E-state index contributed by atoms with van der Waals surface area (Å²) >= 11 is 6.04. The van der Waals surface area contributed by atoms with Crippen molar-refractivity contribution in [3.63, 3.8) is 0 Å². The molecule has 0 aliphatic rings. The fourth-order valence-electron chi connectivity index (χ4n) is 3.00. The number of nitrogen functional groups attached to an aromatic ring is 1. The van der Waals surface area contributed by atoms with Crippen molar-refractivity contribution in [2.45, 2.75) is 14.0 Å². The molecule has 10 heteroatoms. The Kier molecular flexibility index (Phi) is 5.28. The highest BCUT2D eigenvalue weighted by Crippen LogP contribution is 2.38. The molecule has 0 aliphatic heterocycles. The summed E-state index contributed by atoms with van der Waals surface area (Å²) in [5.41, 5.74) is 8.02. The Bertz CT molecular complexity index is 1340. The first kappa shape index (κ1) is 20.1. The highest BCUT2D eigenvalue weighted by Gasteiger charge is 2.28. The van der Waals surface area contributed by atoms with E-state index in [0.29, 0.717) is 13.6 Å². The van der Waals surface area contributed by atoms with Crippen LogP contribution in [0.2, 0.25) is 0 Å². The maximum Gasteiger partial charge on any atom is 0.247 e. The summed E-state index contributed by atoms with van der Waals surface area (Å²) in [5.74, 6) is -0.143. The number of thioether (sulfide) groups is 1. The van der Waals surface area contributed by atoms with Gasteiger partial charge in [-0.15, -0.1) is 23.1 Å². The smallest absolute Gasteiger partial charge is 0.247 e. The zero-order chi connectivity index (χ0) is 20.8. The number of hydrogen-bond acceptors (Lipinski definition) is 5. The van der Waals surface area contributed by atoms with Gasteiger partial charge in [-0.2, -0.15) is 4.57 Å². The number of nitrogens with zero attached hydrogens (tertiary/aromatic N) is 1. The molecule has 0 radical (unpaired) electrons. The van der Waals surface area contributed by atoms with Crippen molar-refractivity contribution >= 4 is 65.7 Å². The Hall–Kier alpha value is -2.14. The number of H-pyrrole nitrogens is 1. The molecule has 2 aromatic carbocycles. The number of benzene rings is 2. The Morgan fingerprint density at radius 1 is 1.24 bits per heavy atom. The van der Waals surface area contributed by atoms with E-state index in [1.807, 2.05) is 41.2 Å². The first-order valence-corrected chi connectivity index (χ1v) is 12.7. The molecule has 6 nitrogen and oxygen atoms in total. The summed E-state index contributed by atoms with van der Waals surface area (Å²) in [5, 5.41) is 7.64. The summed E-state index contributed by atoms with van der Waals surface area (Å²) in [6, 6.07) is 14.4. The Labute approximate surface area is 184 Å². The van der Waals surface area contributed by atoms with Gasteiger partial charge in [0, 0.05) is 6.07 Å². The van der Waals surface area contributed by atoms with Gasteiger partial charge in [0.25, 0.3) is 0 Å². The van der Waals surface area contributed by atoms with E-state index in [2.05, 4.69) is 20.9 Å². The highest BCUT2D eigenvalue weighted by molar-refractivity contribution is 9.10. The lowest BCUT2D eigenvalue weighted by molar-refractivity contribution is -0.567. The molecule has 29 heavy (non-hydrogen) atoms. The van der Waals surface area contributed by atoms with Crippen molar-refractivity contribution in [3.05, 3.63) is 64.2 Å². The van der Waals surface area contributed by atoms with Gasteiger partial charge in [0.2, 0.25) is 16.2 Å². The number of thiophene rings is 1. The molecule has 4 aromatic rings. The fourth-order valence-corrected chi connectivity index (χ4v) is 7.62. The van der Waals surface area contributed by atoms with Crippen molar-refractivity contribution < 1.29 is 13.0 Å². The molecular weight excluding hydrogens is 492 g/mol. The van der Waals surface area contributed by atoms with Gasteiger partial charge in [-0.3, -0.25) is 5.41 Å². The summed E-state index contributed by atoms with van der Waals surface area (Å²) in [6.07, 6.45) is 3.61. The number of aromatic nitrogens is 2. The summed E-state index contributed by atoms with van der Waals surface area (Å²) in [4.78, 5) is 3.97. The summed E-state index contributed by atoms with van der Waals surface area (Å²) < 4.78 is 30.1. The van der Waals surface area contributed by atoms with Gasteiger partial charge in [0.15, 0.2) is 11.0 Å². The molecular formula is C19H16BrN4O2S3+. The van der Waals surface area contributed by atoms with E-state index in [1.165, 1.54) is 29.2 Å². The van der Waals surface area contributed by atoms with Gasteiger partial charge in [-0.05, 0) is 46.5 Å². The van der Waals surface area contributed by atoms with Crippen molar-refractivity contribution in [2.75, 3.05) is 6.26 Å². The largest absolute Gasteiger partial charge is 0.383 e. The number of nitrogens with two attached hydrogens (primary N) is 1. The fraction of sp³-hybridized carbons (Fsp3) is 0.0526. The van der Waals surface area contributed by atoms with E-state index in [4.69, 9.17) is 11.1 Å². The van der Waals surface area contributed by atoms with Crippen LogP contribution in [0.15, 0.2) is 73.3 Å². The molecule has 0 fully saturated rings. The van der Waals surface area contributed by atoms with Crippen LogP contribution in [0.1, 0.15) is 4.88 Å². The average molecular weight is 508 g/mol. The molecule has 0 atom stereocenters. The van der Waals surface area contributed by atoms with Crippen LogP contribution in [0.4, 0.5) is 0 Å². The molecule has 0 amide bonds. The van der Waals surface area contributed by atoms with E-state index in [1.54, 1.807) is 18.5 Å². The normalized spacial score (nSPS) is 11.8. The molecule has 4 N–H and O–H groups in total. The Morgan fingerprint density at radius 3 is 2.62 bits per heavy atom. The zero-order valence-electron chi connectivity index (χ0n) is 15.1. The minimum Gasteiger partial charge on any atom is -0.383 e. The first-order chi connectivity index (χ1) is 13.8. The third-order valence-corrected chi connectivity index (χ3v) is 9.34. The lowest BCUT2D eigenvalue weighted by atomic mass is 10.3. The number of para-hydroxylation sites is 1. The number of imidazole rings is 1. The third-order valence-electron chi connectivity index (χ3n) is 4.39. The minimum atomic E-state index is -3.81. The molecule has 0 unspecified atom stereocenters. The van der Waals surface area contributed by atoms with Gasteiger partial charge >= 0.3 is 0 Å². The third kappa shape index (κ3) is 3.50. The standard InChI is InChI=1S/C19H15BrN4O2S3/c1-27-19-16(9-15(28-19)18(21)22)29(25,26)12-7-13(20)17-14(8-12)24(10-23-17)11-5-3-2-4-6-11/h2-10H,1H3,(H3,21,22)/p+1. The number of fused-ring (bicyclic) bond motifs is 1. The first-order valence-electron chi connectivity index (χ1n) is 8.38. The lowest BCUT2D eigenvalue weighted by Gasteiger charge is -2.06. The molecule has 0 aliphatic carbocycles. The van der Waals surface area contributed by atoms with Gasteiger partial charge in [-0.1, -0.05) is 18.2 Å². The van der Waals surface area contributed by atoms with Crippen LogP contribution >= 0.6 is 39.0 Å². The maximum absolute atomic E-state index is 13.5. The average Bonchev–Trinajstić information content (AvgIpc) is 3.33. The topological polar surface area (TPSA) is 104 Å². The second-order valence-corrected chi connectivity index (χ2v) is 11.1. The zero-order valence-corrected chi connectivity index (χ0v) is 19.2. The molecule has 0 spiro atoms. The van der Waals surface area contributed by atoms with Crippen molar-refractivity contribution in [3.8, 4) is 5.69 Å². The van der Waals surface area contributed by atoms with Crippen molar-refractivity contribution in [1.82, 2.24) is 4.98 Å². The highest BCUT2D eigenvalue weighted by atomic mass is 79.9. The molecule has 2 aromatic heterocycles. The number of halogens is 1. The van der Waals surface area contributed by atoms with E-state index >= 15 is 0 Å². The van der Waals surface area contributed by atoms with Crippen molar-refractivity contribution in [2.24, 2.45) is 5.73 Å². The maximum atomic E-state index is 13.5. The SMILES string of the molecule is CSc1sc(C(=N)N)cc1S(=O)(=O)c1cc(Br)c2[nH]c[n+](-c3ccccc3)c2c1. The van der Waals surface area contributed by atoms with Crippen molar-refractivity contribution in [1.29, 1.82) is 5.41 Å². The van der Waals surface area contributed by atoms with Crippen LogP contribution in [0.5, 0.6) is 0 Å². The van der Waals surface area contributed by atoms with Gasteiger partial charge in [-0.25, -0.2) is 13.4 Å². The number of amidine groups is 1. The van der Waals surface area contributed by atoms with E-state index < -0.39 is 9.84 Å². The Balaban J connectivity index is 1.93. The summed E-state index contributed by atoms with van der Waals surface area (Å²) in [6.45, 7) is 0. The van der Waals surface area contributed by atoms with Crippen LogP contribution in [-0.4, -0.2) is 25.5 Å². The molecule has 0 saturated carbocycles.